The Morgan fingerprint density at radius 2 is 1.71 bits per heavy atom. The third kappa shape index (κ3) is 4.57. The number of methoxy groups -OCH3 is 2. The van der Waals surface area contributed by atoms with Gasteiger partial charge in [-0.3, -0.25) is 14.5 Å². The molecule has 0 radical (unpaired) electrons. The van der Waals surface area contributed by atoms with Gasteiger partial charge >= 0.3 is 5.91 Å². The fourth-order valence-corrected chi connectivity index (χ4v) is 4.58. The number of Topliss-reactive ketones (excluding diaryl/α,β-unsaturated/α-hetero) is 1. The van der Waals surface area contributed by atoms with Gasteiger partial charge in [0.25, 0.3) is 5.78 Å². The Morgan fingerprint density at radius 1 is 1.03 bits per heavy atom. The molecule has 2 heterocycles. The molecule has 0 bridgehead atoms. The highest BCUT2D eigenvalue weighted by Gasteiger charge is 2.48. The summed E-state index contributed by atoms with van der Waals surface area (Å²) < 4.78 is 16.4. The summed E-state index contributed by atoms with van der Waals surface area (Å²) in [6.07, 6.45) is -0.0137. The molecule has 1 N–H and O–H groups in total. The van der Waals surface area contributed by atoms with Crippen molar-refractivity contribution in [3.8, 4) is 17.2 Å². The van der Waals surface area contributed by atoms with Crippen LogP contribution in [0.15, 0.2) is 48.0 Å². The van der Waals surface area contributed by atoms with Crippen molar-refractivity contribution in [2.75, 3.05) is 19.1 Å². The number of nitrogens with zero attached hydrogens (tertiary/aromatic N) is 3. The Kier molecular flexibility index (Phi) is 6.74. The number of aryl methyl sites for hydroxylation is 1. The van der Waals surface area contributed by atoms with Crippen LogP contribution in [0.5, 0.6) is 17.2 Å². The quantitative estimate of drug-likeness (QED) is 0.294. The van der Waals surface area contributed by atoms with Gasteiger partial charge in [0.15, 0.2) is 11.5 Å². The lowest BCUT2D eigenvalue weighted by atomic mass is 9.95. The van der Waals surface area contributed by atoms with Crippen molar-refractivity contribution in [3.63, 3.8) is 0 Å². The second-order valence-electron chi connectivity index (χ2n) is 8.08. The average molecular weight is 496 g/mol. The Bertz CT molecular complexity index is 1300. The standard InChI is InChI=1S/C25H25N3O6S/c1-13(2)34-17-9-6-15(7-10-17)22(29)20-21(16-8-11-18(32-4)19(12-16)33-5)28(24(31)23(20)30)25-27-26-14(3)35-25/h6-13,21,29H,1-5H3/t21-/m1/s1. The summed E-state index contributed by atoms with van der Waals surface area (Å²) in [5.74, 6) is -0.402. The van der Waals surface area contributed by atoms with E-state index < -0.39 is 17.7 Å². The molecule has 0 unspecified atom stereocenters. The van der Waals surface area contributed by atoms with Crippen molar-refractivity contribution >= 4 is 33.9 Å². The van der Waals surface area contributed by atoms with E-state index in [0.29, 0.717) is 33.4 Å². The molecule has 4 rings (SSSR count). The van der Waals surface area contributed by atoms with Crippen LogP contribution < -0.4 is 19.1 Å². The maximum Gasteiger partial charge on any atom is 0.301 e. The largest absolute Gasteiger partial charge is 0.507 e. The minimum absolute atomic E-state index is 0.0137. The number of benzene rings is 2. The van der Waals surface area contributed by atoms with E-state index in [4.69, 9.17) is 14.2 Å². The number of ether oxygens (including phenoxy) is 3. The number of hydrogen-bond acceptors (Lipinski definition) is 9. The summed E-state index contributed by atoms with van der Waals surface area (Å²) in [6, 6.07) is 10.8. The van der Waals surface area contributed by atoms with E-state index >= 15 is 0 Å². The molecule has 35 heavy (non-hydrogen) atoms. The van der Waals surface area contributed by atoms with Gasteiger partial charge in [-0.15, -0.1) is 10.2 Å². The molecule has 1 atom stereocenters. The Morgan fingerprint density at radius 3 is 2.29 bits per heavy atom. The number of ketones is 1. The van der Waals surface area contributed by atoms with E-state index in [-0.39, 0.29) is 22.6 Å². The molecular formula is C25H25N3O6S. The number of carbonyl (C=O) groups excluding carboxylic acids is 2. The van der Waals surface area contributed by atoms with E-state index in [0.717, 1.165) is 0 Å². The smallest absolute Gasteiger partial charge is 0.301 e. The molecular weight excluding hydrogens is 470 g/mol. The highest BCUT2D eigenvalue weighted by Crippen LogP contribution is 2.44. The molecule has 0 spiro atoms. The monoisotopic (exact) mass is 495 g/mol. The molecule has 1 fully saturated rings. The van der Waals surface area contributed by atoms with Crippen LogP contribution in [0.25, 0.3) is 5.76 Å². The van der Waals surface area contributed by atoms with Crippen molar-refractivity contribution in [1.29, 1.82) is 0 Å². The maximum atomic E-state index is 13.3. The predicted octanol–water partition coefficient (Wildman–Crippen LogP) is 4.28. The van der Waals surface area contributed by atoms with Crippen LogP contribution in [0.4, 0.5) is 5.13 Å². The first kappa shape index (κ1) is 24.2. The minimum Gasteiger partial charge on any atom is -0.507 e. The Labute approximate surface area is 206 Å². The first-order chi connectivity index (χ1) is 16.7. The average Bonchev–Trinajstić information content (AvgIpc) is 3.38. The van der Waals surface area contributed by atoms with E-state index in [1.165, 1.54) is 30.5 Å². The number of rotatable bonds is 7. The van der Waals surface area contributed by atoms with Gasteiger partial charge in [0.1, 0.15) is 16.5 Å². The highest BCUT2D eigenvalue weighted by molar-refractivity contribution is 7.15. The minimum atomic E-state index is -0.950. The molecule has 1 amide bonds. The van der Waals surface area contributed by atoms with Crippen LogP contribution in [-0.2, 0) is 9.59 Å². The molecule has 1 aromatic heterocycles. The number of anilines is 1. The summed E-state index contributed by atoms with van der Waals surface area (Å²) in [5.41, 5.74) is 0.849. The van der Waals surface area contributed by atoms with Crippen molar-refractivity contribution in [2.24, 2.45) is 0 Å². The molecule has 3 aromatic rings. The zero-order valence-corrected chi connectivity index (χ0v) is 20.8. The Balaban J connectivity index is 1.88. The second-order valence-corrected chi connectivity index (χ2v) is 9.24. The predicted molar refractivity (Wildman–Crippen MR) is 131 cm³/mol. The van der Waals surface area contributed by atoms with E-state index in [2.05, 4.69) is 10.2 Å². The fourth-order valence-electron chi connectivity index (χ4n) is 3.87. The van der Waals surface area contributed by atoms with Crippen LogP contribution in [0.2, 0.25) is 0 Å². The summed E-state index contributed by atoms with van der Waals surface area (Å²) in [5, 5.41) is 20.2. The van der Waals surface area contributed by atoms with Gasteiger partial charge in [-0.2, -0.15) is 0 Å². The lowest BCUT2D eigenvalue weighted by molar-refractivity contribution is -0.132. The molecule has 1 saturated heterocycles. The van der Waals surface area contributed by atoms with Crippen molar-refractivity contribution < 1.29 is 28.9 Å². The fraction of sp³-hybridized carbons (Fsp3) is 0.280. The SMILES string of the molecule is COc1ccc([C@@H]2C(=C(O)c3ccc(OC(C)C)cc3)C(=O)C(=O)N2c2nnc(C)s2)cc1OC. The summed E-state index contributed by atoms with van der Waals surface area (Å²) in [7, 11) is 3.01. The zero-order valence-electron chi connectivity index (χ0n) is 19.9. The zero-order chi connectivity index (χ0) is 25.3. The van der Waals surface area contributed by atoms with E-state index in [9.17, 15) is 14.7 Å². The van der Waals surface area contributed by atoms with Gasteiger partial charge in [-0.05, 0) is 62.7 Å². The number of hydrogen-bond donors (Lipinski definition) is 1. The first-order valence-corrected chi connectivity index (χ1v) is 11.7. The Hall–Kier alpha value is -3.92. The molecule has 182 valence electrons. The number of aromatic nitrogens is 2. The van der Waals surface area contributed by atoms with Crippen LogP contribution in [0, 0.1) is 6.92 Å². The summed E-state index contributed by atoms with van der Waals surface area (Å²) in [6.45, 7) is 5.57. The van der Waals surface area contributed by atoms with Crippen molar-refractivity contribution in [3.05, 3.63) is 64.2 Å². The summed E-state index contributed by atoms with van der Waals surface area (Å²) >= 11 is 1.18. The molecule has 0 saturated carbocycles. The van der Waals surface area contributed by atoms with Crippen LogP contribution >= 0.6 is 11.3 Å². The maximum absolute atomic E-state index is 13.3. The van der Waals surface area contributed by atoms with Crippen LogP contribution in [0.1, 0.15) is 36.0 Å². The lowest BCUT2D eigenvalue weighted by Gasteiger charge is -2.23. The third-order valence-electron chi connectivity index (χ3n) is 5.39. The highest BCUT2D eigenvalue weighted by atomic mass is 32.1. The van der Waals surface area contributed by atoms with E-state index in [1.54, 1.807) is 49.4 Å². The number of carbonyl (C=O) groups is 2. The normalized spacial score (nSPS) is 17.2. The van der Waals surface area contributed by atoms with Crippen molar-refractivity contribution in [2.45, 2.75) is 32.9 Å². The van der Waals surface area contributed by atoms with Gasteiger partial charge in [0.05, 0.1) is 31.9 Å². The number of amides is 1. The molecule has 0 aliphatic carbocycles. The van der Waals surface area contributed by atoms with Gasteiger partial charge < -0.3 is 19.3 Å². The number of aliphatic hydroxyl groups excluding tert-OH is 1. The number of aliphatic hydroxyl groups is 1. The third-order valence-corrected chi connectivity index (χ3v) is 6.23. The first-order valence-electron chi connectivity index (χ1n) is 10.8. The molecule has 2 aromatic carbocycles. The molecule has 9 nitrogen and oxygen atoms in total. The van der Waals surface area contributed by atoms with Crippen molar-refractivity contribution in [1.82, 2.24) is 10.2 Å². The van der Waals surface area contributed by atoms with E-state index in [1.807, 2.05) is 13.8 Å². The van der Waals surface area contributed by atoms with Gasteiger partial charge in [-0.1, -0.05) is 17.4 Å². The molecule has 1 aliphatic rings. The van der Waals surface area contributed by atoms with Gasteiger partial charge in [0, 0.05) is 5.56 Å². The molecule has 1 aliphatic heterocycles. The second kappa shape index (κ2) is 9.75. The molecule has 10 heteroatoms. The summed E-state index contributed by atoms with van der Waals surface area (Å²) in [4.78, 5) is 27.7. The van der Waals surface area contributed by atoms with Gasteiger partial charge in [-0.25, -0.2) is 0 Å². The van der Waals surface area contributed by atoms with Crippen LogP contribution in [-0.4, -0.2) is 47.3 Å². The van der Waals surface area contributed by atoms with Crippen LogP contribution in [0.3, 0.4) is 0 Å². The van der Waals surface area contributed by atoms with Gasteiger partial charge in [0.2, 0.25) is 5.13 Å². The topological polar surface area (TPSA) is 111 Å². The lowest BCUT2D eigenvalue weighted by Crippen LogP contribution is -2.29.